The van der Waals surface area contributed by atoms with Crippen molar-refractivity contribution in [3.63, 3.8) is 0 Å². The number of nitrogens with one attached hydrogen (secondary N) is 1. The lowest BCUT2D eigenvalue weighted by atomic mass is 10.1. The zero-order valence-corrected chi connectivity index (χ0v) is 16.8. The molecular formula is C19H16FN3O7S. The zero-order chi connectivity index (χ0) is 22.9. The lowest BCUT2D eigenvalue weighted by Crippen LogP contribution is -2.34. The van der Waals surface area contributed by atoms with Crippen LogP contribution in [0.25, 0.3) is 11.0 Å². The Morgan fingerprint density at radius 3 is 2.61 bits per heavy atom. The highest BCUT2D eigenvalue weighted by atomic mass is 32.2. The van der Waals surface area contributed by atoms with Crippen molar-refractivity contribution in [1.82, 2.24) is 14.9 Å². The van der Waals surface area contributed by atoms with E-state index in [2.05, 4.69) is 10.3 Å². The highest BCUT2D eigenvalue weighted by Crippen LogP contribution is 2.24. The fourth-order valence-corrected chi connectivity index (χ4v) is 3.98. The maximum absolute atomic E-state index is 13.5. The third kappa shape index (κ3) is 4.38. The van der Waals surface area contributed by atoms with Gasteiger partial charge in [-0.25, -0.2) is 12.8 Å². The van der Waals surface area contributed by atoms with Crippen LogP contribution in [0.15, 0.2) is 46.2 Å². The minimum atomic E-state index is -3.82. The van der Waals surface area contributed by atoms with Gasteiger partial charge in [-0.3, -0.25) is 23.9 Å². The molecule has 0 aliphatic carbocycles. The van der Waals surface area contributed by atoms with Crippen molar-refractivity contribution >= 4 is 32.7 Å². The number of carboxylic acids is 1. The molecule has 0 spiro atoms. The van der Waals surface area contributed by atoms with E-state index in [0.29, 0.717) is 0 Å². The molecule has 0 bridgehead atoms. The molecule has 3 rings (SSSR count). The lowest BCUT2D eigenvalue weighted by molar-refractivity contribution is -0.137. The summed E-state index contributed by atoms with van der Waals surface area (Å²) < 4.78 is 38.0. The first-order valence-electron chi connectivity index (χ1n) is 8.69. The van der Waals surface area contributed by atoms with Gasteiger partial charge < -0.3 is 15.5 Å². The Kier molecular flexibility index (Phi) is 5.75. The Labute approximate surface area is 174 Å². The zero-order valence-electron chi connectivity index (χ0n) is 16.0. The van der Waals surface area contributed by atoms with Crippen molar-refractivity contribution in [2.45, 2.75) is 18.0 Å². The van der Waals surface area contributed by atoms with Crippen LogP contribution in [0.1, 0.15) is 15.9 Å². The molecule has 0 aliphatic rings. The van der Waals surface area contributed by atoms with E-state index < -0.39 is 57.5 Å². The molecule has 3 aromatic rings. The number of hydrogen-bond donors (Lipinski definition) is 3. The summed E-state index contributed by atoms with van der Waals surface area (Å²) in [4.78, 5) is 40.2. The molecule has 0 saturated carbocycles. The summed E-state index contributed by atoms with van der Waals surface area (Å²) in [6.07, 6.45) is 2.16. The van der Waals surface area contributed by atoms with Crippen molar-refractivity contribution in [2.24, 2.45) is 0 Å². The number of aliphatic carboxylic acids is 1. The van der Waals surface area contributed by atoms with Crippen LogP contribution < -0.4 is 10.9 Å². The number of aromatic hydroxyl groups is 1. The molecule has 2 heterocycles. The van der Waals surface area contributed by atoms with E-state index >= 15 is 0 Å². The maximum atomic E-state index is 13.5. The van der Waals surface area contributed by atoms with Crippen molar-refractivity contribution in [3.8, 4) is 5.75 Å². The smallest absolute Gasteiger partial charge is 0.323 e. The first kappa shape index (κ1) is 21.9. The molecule has 12 heteroatoms. The van der Waals surface area contributed by atoms with Crippen LogP contribution >= 0.6 is 0 Å². The predicted molar refractivity (Wildman–Crippen MR) is 106 cm³/mol. The standard InChI is InChI=1S/C19H16FN3O7S/c1-31(29,30)13-7-11(20)5-4-10(13)8-22-18(27)15-17(26)16-12(3-2-6-21-16)23(19(15)28)9-14(24)25/h2-7,26H,8-9H2,1H3,(H,22,27)(H,24,25). The van der Waals surface area contributed by atoms with Crippen LogP contribution in [0.2, 0.25) is 0 Å². The van der Waals surface area contributed by atoms with Gasteiger partial charge in [0.25, 0.3) is 11.5 Å². The molecule has 0 radical (unpaired) electrons. The van der Waals surface area contributed by atoms with Gasteiger partial charge in [0.2, 0.25) is 0 Å². The van der Waals surface area contributed by atoms with Crippen LogP contribution in [0.4, 0.5) is 4.39 Å². The number of sulfone groups is 1. The summed E-state index contributed by atoms with van der Waals surface area (Å²) in [6, 6.07) is 5.77. The number of carbonyl (C=O) groups excluding carboxylic acids is 1. The summed E-state index contributed by atoms with van der Waals surface area (Å²) in [7, 11) is -3.82. The molecule has 0 atom stereocenters. The molecule has 31 heavy (non-hydrogen) atoms. The second-order valence-electron chi connectivity index (χ2n) is 6.59. The number of carbonyl (C=O) groups is 2. The Balaban J connectivity index is 2.05. The molecule has 1 aromatic carbocycles. The molecule has 0 fully saturated rings. The second kappa shape index (κ2) is 8.14. The van der Waals surface area contributed by atoms with Gasteiger partial charge in [-0.05, 0) is 29.8 Å². The van der Waals surface area contributed by atoms with Gasteiger partial charge in [0.05, 0.1) is 10.4 Å². The third-order valence-electron chi connectivity index (χ3n) is 4.39. The summed E-state index contributed by atoms with van der Waals surface area (Å²) in [5.74, 6) is -3.97. The van der Waals surface area contributed by atoms with Gasteiger partial charge in [0.1, 0.15) is 23.4 Å². The van der Waals surface area contributed by atoms with Crippen LogP contribution in [0.5, 0.6) is 5.75 Å². The van der Waals surface area contributed by atoms with E-state index in [9.17, 15) is 32.3 Å². The summed E-state index contributed by atoms with van der Waals surface area (Å²) in [5.41, 5.74) is -1.91. The van der Waals surface area contributed by atoms with Crippen LogP contribution in [0.3, 0.4) is 0 Å². The number of hydrogen-bond acceptors (Lipinski definition) is 7. The van der Waals surface area contributed by atoms with Crippen LogP contribution in [0, 0.1) is 5.82 Å². The minimum Gasteiger partial charge on any atom is -0.505 e. The maximum Gasteiger partial charge on any atom is 0.323 e. The van der Waals surface area contributed by atoms with E-state index in [1.54, 1.807) is 0 Å². The lowest BCUT2D eigenvalue weighted by Gasteiger charge is -2.14. The summed E-state index contributed by atoms with van der Waals surface area (Å²) in [6.45, 7) is -1.18. The molecule has 162 valence electrons. The number of fused-ring (bicyclic) bond motifs is 1. The summed E-state index contributed by atoms with van der Waals surface area (Å²) in [5, 5.41) is 21.8. The average molecular weight is 449 g/mol. The number of aromatic nitrogens is 2. The number of amides is 1. The Morgan fingerprint density at radius 1 is 1.26 bits per heavy atom. The molecule has 0 saturated heterocycles. The number of halogens is 1. The summed E-state index contributed by atoms with van der Waals surface area (Å²) >= 11 is 0. The first-order chi connectivity index (χ1) is 14.5. The predicted octanol–water partition coefficient (Wildman–Crippen LogP) is 0.659. The molecule has 2 aromatic heterocycles. The Bertz CT molecular complexity index is 1380. The van der Waals surface area contributed by atoms with Crippen molar-refractivity contribution in [1.29, 1.82) is 0 Å². The van der Waals surface area contributed by atoms with Crippen molar-refractivity contribution in [2.75, 3.05) is 6.26 Å². The van der Waals surface area contributed by atoms with Gasteiger partial charge >= 0.3 is 5.97 Å². The number of pyridine rings is 2. The van der Waals surface area contributed by atoms with E-state index in [-0.39, 0.29) is 21.5 Å². The number of carboxylic acid groups (broad SMARTS) is 1. The monoisotopic (exact) mass is 449 g/mol. The molecule has 10 nitrogen and oxygen atoms in total. The van der Waals surface area contributed by atoms with Crippen molar-refractivity contribution in [3.05, 3.63) is 63.8 Å². The second-order valence-corrected chi connectivity index (χ2v) is 8.57. The van der Waals surface area contributed by atoms with Gasteiger partial charge in [-0.15, -0.1) is 0 Å². The number of benzene rings is 1. The van der Waals surface area contributed by atoms with Crippen molar-refractivity contribution < 1.29 is 32.6 Å². The fourth-order valence-electron chi connectivity index (χ4n) is 3.04. The van der Waals surface area contributed by atoms with E-state index in [4.69, 9.17) is 5.11 Å². The normalized spacial score (nSPS) is 11.4. The Morgan fingerprint density at radius 2 is 1.97 bits per heavy atom. The fraction of sp³-hybridized carbons (Fsp3) is 0.158. The van der Waals surface area contributed by atoms with Gasteiger partial charge in [0.15, 0.2) is 15.6 Å². The van der Waals surface area contributed by atoms with E-state index in [0.717, 1.165) is 29.0 Å². The highest BCUT2D eigenvalue weighted by molar-refractivity contribution is 7.90. The van der Waals surface area contributed by atoms with E-state index in [1.807, 2.05) is 0 Å². The van der Waals surface area contributed by atoms with E-state index in [1.165, 1.54) is 18.3 Å². The third-order valence-corrected chi connectivity index (χ3v) is 5.56. The Hall–Kier alpha value is -3.80. The minimum absolute atomic E-state index is 0.0156. The SMILES string of the molecule is CS(=O)(=O)c1cc(F)ccc1CNC(=O)c1c(O)c2ncccc2n(CC(=O)O)c1=O. The first-order valence-corrected chi connectivity index (χ1v) is 10.6. The largest absolute Gasteiger partial charge is 0.505 e. The average Bonchev–Trinajstić information content (AvgIpc) is 2.69. The van der Waals surface area contributed by atoms with Crippen LogP contribution in [-0.2, 0) is 27.7 Å². The molecule has 0 aliphatic heterocycles. The number of nitrogens with zero attached hydrogens (tertiary/aromatic N) is 2. The topological polar surface area (TPSA) is 156 Å². The van der Waals surface area contributed by atoms with Gasteiger partial charge in [0, 0.05) is 19.0 Å². The quantitative estimate of drug-likeness (QED) is 0.496. The van der Waals surface area contributed by atoms with Gasteiger partial charge in [-0.2, -0.15) is 0 Å². The number of rotatable bonds is 6. The molecule has 3 N–H and O–H groups in total. The molecular weight excluding hydrogens is 433 g/mol. The molecule has 1 amide bonds. The van der Waals surface area contributed by atoms with Crippen LogP contribution in [-0.4, -0.2) is 46.3 Å². The highest BCUT2D eigenvalue weighted by Gasteiger charge is 2.24. The molecule has 0 unspecified atom stereocenters. The van der Waals surface area contributed by atoms with Gasteiger partial charge in [-0.1, -0.05) is 6.07 Å².